The van der Waals surface area contributed by atoms with Crippen molar-refractivity contribution in [1.82, 2.24) is 0 Å². The van der Waals surface area contributed by atoms with Crippen molar-refractivity contribution in [2.45, 2.75) is 6.92 Å². The van der Waals surface area contributed by atoms with Gasteiger partial charge in [0.05, 0.1) is 12.7 Å². The Morgan fingerprint density at radius 2 is 1.88 bits per heavy atom. The molecule has 1 aliphatic heterocycles. The van der Waals surface area contributed by atoms with Crippen LogP contribution in [0.25, 0.3) is 17.0 Å². The fourth-order valence-corrected chi connectivity index (χ4v) is 4.11. The van der Waals surface area contributed by atoms with Gasteiger partial charge in [0.15, 0.2) is 5.76 Å². The zero-order chi connectivity index (χ0) is 23.1. The van der Waals surface area contributed by atoms with E-state index in [0.717, 1.165) is 9.86 Å². The number of carbonyl (C=O) groups is 2. The Labute approximate surface area is 197 Å². The fourth-order valence-electron chi connectivity index (χ4n) is 3.74. The topological polar surface area (TPSA) is 75.0 Å². The number of hydrogen-bond acceptors (Lipinski definition) is 6. The number of ketones is 1. The lowest BCUT2D eigenvalue weighted by Crippen LogP contribution is -2.07. The molecule has 0 atom stereocenters. The molecule has 33 heavy (non-hydrogen) atoms. The lowest BCUT2D eigenvalue weighted by Gasteiger charge is -2.07. The Balaban J connectivity index is 1.43. The van der Waals surface area contributed by atoms with Gasteiger partial charge < -0.3 is 18.6 Å². The molecule has 1 aliphatic rings. The summed E-state index contributed by atoms with van der Waals surface area (Å²) in [7, 11) is 1.56. The molecule has 5 rings (SSSR count). The van der Waals surface area contributed by atoms with Gasteiger partial charge in [-0.05, 0) is 55.0 Å². The summed E-state index contributed by atoms with van der Waals surface area (Å²) in [6.45, 7) is 1.77. The van der Waals surface area contributed by atoms with Gasteiger partial charge in [0.2, 0.25) is 11.5 Å². The molecule has 3 aromatic carbocycles. The molecule has 0 fully saturated rings. The van der Waals surface area contributed by atoms with Crippen molar-refractivity contribution in [2.75, 3.05) is 7.11 Å². The highest BCUT2D eigenvalue weighted by atomic mass is 79.9. The first-order valence-corrected chi connectivity index (χ1v) is 10.9. The van der Waals surface area contributed by atoms with Crippen LogP contribution in [0.5, 0.6) is 17.2 Å². The number of ether oxygens (including phenoxy) is 3. The van der Waals surface area contributed by atoms with Crippen molar-refractivity contribution in [1.29, 1.82) is 0 Å². The molecule has 0 radical (unpaired) electrons. The molecule has 4 aromatic rings. The Morgan fingerprint density at radius 3 is 2.67 bits per heavy atom. The second-order valence-corrected chi connectivity index (χ2v) is 8.39. The van der Waals surface area contributed by atoms with Crippen molar-refractivity contribution >= 4 is 44.7 Å². The van der Waals surface area contributed by atoms with E-state index in [1.807, 2.05) is 30.3 Å². The minimum atomic E-state index is -0.635. The molecule has 6 nitrogen and oxygen atoms in total. The van der Waals surface area contributed by atoms with Crippen LogP contribution in [0.15, 0.2) is 75.3 Å². The lowest BCUT2D eigenvalue weighted by atomic mass is 10.0. The van der Waals surface area contributed by atoms with Gasteiger partial charge in [0, 0.05) is 21.5 Å². The van der Waals surface area contributed by atoms with E-state index in [1.54, 1.807) is 44.4 Å². The maximum atomic E-state index is 13.0. The van der Waals surface area contributed by atoms with Gasteiger partial charge in [-0.3, -0.25) is 4.79 Å². The molecule has 0 N–H and O–H groups in total. The van der Waals surface area contributed by atoms with Gasteiger partial charge in [0.25, 0.3) is 0 Å². The normalized spacial score (nSPS) is 13.8. The first-order valence-electron chi connectivity index (χ1n) is 10.1. The minimum absolute atomic E-state index is 0.0914. The molecule has 1 aromatic heterocycles. The zero-order valence-electron chi connectivity index (χ0n) is 17.7. The van der Waals surface area contributed by atoms with E-state index in [2.05, 4.69) is 15.9 Å². The largest absolute Gasteiger partial charge is 0.496 e. The van der Waals surface area contributed by atoms with Crippen LogP contribution >= 0.6 is 15.9 Å². The molecule has 0 aliphatic carbocycles. The van der Waals surface area contributed by atoms with Crippen LogP contribution < -0.4 is 14.2 Å². The van der Waals surface area contributed by atoms with E-state index < -0.39 is 5.97 Å². The number of para-hydroxylation sites is 1. The average Bonchev–Trinajstić information content (AvgIpc) is 3.35. The molecular formula is C26H17BrO6. The first kappa shape index (κ1) is 21.0. The predicted octanol–water partition coefficient (Wildman–Crippen LogP) is 6.35. The predicted molar refractivity (Wildman–Crippen MR) is 126 cm³/mol. The number of Topliss-reactive ketones (excluding diaryl/α,β-unsaturated/α-hetero) is 1. The van der Waals surface area contributed by atoms with Gasteiger partial charge in [0.1, 0.15) is 22.8 Å². The maximum Gasteiger partial charge on any atom is 0.379 e. The number of fused-ring (bicyclic) bond motifs is 2. The summed E-state index contributed by atoms with van der Waals surface area (Å²) >= 11 is 3.43. The third-order valence-electron chi connectivity index (χ3n) is 5.26. The number of hydrogen-bond donors (Lipinski definition) is 0. The van der Waals surface area contributed by atoms with E-state index in [0.29, 0.717) is 33.8 Å². The number of halogens is 1. The highest BCUT2D eigenvalue weighted by Gasteiger charge is 2.31. The summed E-state index contributed by atoms with van der Waals surface area (Å²) in [5.74, 6) is 0.553. The smallest absolute Gasteiger partial charge is 0.379 e. The number of allylic oxidation sites excluding steroid dienone is 1. The van der Waals surface area contributed by atoms with E-state index in [4.69, 9.17) is 18.6 Å². The fraction of sp³-hybridized carbons (Fsp3) is 0.0769. The average molecular weight is 505 g/mol. The second-order valence-electron chi connectivity index (χ2n) is 7.48. The van der Waals surface area contributed by atoms with Crippen LogP contribution in [0.4, 0.5) is 0 Å². The van der Waals surface area contributed by atoms with Gasteiger partial charge >= 0.3 is 5.97 Å². The number of rotatable bonds is 4. The van der Waals surface area contributed by atoms with Crippen molar-refractivity contribution in [3.8, 4) is 17.2 Å². The molecule has 7 heteroatoms. The number of aryl methyl sites for hydroxylation is 1. The van der Waals surface area contributed by atoms with Crippen molar-refractivity contribution in [3.05, 3.63) is 93.3 Å². The van der Waals surface area contributed by atoms with Crippen molar-refractivity contribution in [2.24, 2.45) is 0 Å². The summed E-state index contributed by atoms with van der Waals surface area (Å²) in [6.07, 6.45) is 1.63. The highest BCUT2D eigenvalue weighted by molar-refractivity contribution is 9.10. The summed E-state index contributed by atoms with van der Waals surface area (Å²) in [5.41, 5.74) is 2.35. The van der Waals surface area contributed by atoms with Crippen LogP contribution in [0, 0.1) is 6.92 Å². The second kappa shape index (κ2) is 8.26. The van der Waals surface area contributed by atoms with Crippen LogP contribution in [-0.4, -0.2) is 18.9 Å². The highest BCUT2D eigenvalue weighted by Crippen LogP contribution is 2.38. The van der Waals surface area contributed by atoms with Gasteiger partial charge in [-0.2, -0.15) is 0 Å². The molecule has 0 bridgehead atoms. The molecule has 0 unspecified atom stereocenters. The van der Waals surface area contributed by atoms with Gasteiger partial charge in [-0.25, -0.2) is 4.79 Å². The first-order chi connectivity index (χ1) is 15.9. The number of esters is 1. The maximum absolute atomic E-state index is 13.0. The molecule has 0 spiro atoms. The summed E-state index contributed by atoms with van der Waals surface area (Å²) in [4.78, 5) is 25.6. The third-order valence-corrected chi connectivity index (χ3v) is 5.75. The van der Waals surface area contributed by atoms with Crippen LogP contribution in [-0.2, 0) is 0 Å². The number of benzene rings is 3. The molecule has 0 saturated carbocycles. The van der Waals surface area contributed by atoms with Gasteiger partial charge in [-0.1, -0.05) is 34.1 Å². The quantitative estimate of drug-likeness (QED) is 0.183. The SMILES string of the molecule is COc1ccc(Br)cc1/C=C1\Oc2cc(OC(=O)c3cc4ccccc4o3)cc(C)c2C1=O. The van der Waals surface area contributed by atoms with Crippen molar-refractivity contribution in [3.63, 3.8) is 0 Å². The standard InChI is InChI=1S/C26H17BrO6/c1-14-9-18(31-26(29)23-11-15-5-3-4-6-20(15)32-23)13-21-24(14)25(28)22(33-21)12-16-10-17(27)7-8-19(16)30-2/h3-13H,1-2H3/b22-12-. The van der Waals surface area contributed by atoms with Gasteiger partial charge in [-0.15, -0.1) is 0 Å². The number of methoxy groups -OCH3 is 1. The van der Waals surface area contributed by atoms with E-state index in [1.165, 1.54) is 6.07 Å². The van der Waals surface area contributed by atoms with Crippen molar-refractivity contribution < 1.29 is 28.2 Å². The summed E-state index contributed by atoms with van der Waals surface area (Å²) < 4.78 is 23.1. The number of carbonyl (C=O) groups excluding carboxylic acids is 2. The molecule has 0 saturated heterocycles. The molecule has 164 valence electrons. The zero-order valence-corrected chi connectivity index (χ0v) is 19.3. The number of furan rings is 1. The lowest BCUT2D eigenvalue weighted by molar-refractivity contribution is 0.0703. The minimum Gasteiger partial charge on any atom is -0.496 e. The monoisotopic (exact) mass is 504 g/mol. The van der Waals surface area contributed by atoms with E-state index in [9.17, 15) is 9.59 Å². The van der Waals surface area contributed by atoms with Crippen LogP contribution in [0.3, 0.4) is 0 Å². The Kier molecular flexibility index (Phi) is 5.26. The van der Waals surface area contributed by atoms with Crippen LogP contribution in [0.2, 0.25) is 0 Å². The molecule has 0 amide bonds. The van der Waals surface area contributed by atoms with E-state index >= 15 is 0 Å². The van der Waals surface area contributed by atoms with E-state index in [-0.39, 0.29) is 23.1 Å². The Morgan fingerprint density at radius 1 is 1.06 bits per heavy atom. The Hall–Kier alpha value is -3.84. The third kappa shape index (κ3) is 3.91. The summed E-state index contributed by atoms with van der Waals surface area (Å²) in [5, 5.41) is 0.807. The Bertz CT molecular complexity index is 1430. The summed E-state index contributed by atoms with van der Waals surface area (Å²) in [6, 6.07) is 17.6. The molecular weight excluding hydrogens is 488 g/mol. The van der Waals surface area contributed by atoms with Crippen LogP contribution in [0.1, 0.15) is 32.0 Å². The molecule has 2 heterocycles.